The lowest BCUT2D eigenvalue weighted by atomic mass is 10.2. The Bertz CT molecular complexity index is 795. The number of hydrogen-bond donors (Lipinski definition) is 0. The summed E-state index contributed by atoms with van der Waals surface area (Å²) in [5, 5.41) is 0. The van der Waals surface area contributed by atoms with E-state index in [4.69, 9.17) is 0 Å². The van der Waals surface area contributed by atoms with Crippen molar-refractivity contribution in [1.82, 2.24) is 9.21 Å². The van der Waals surface area contributed by atoms with Crippen LogP contribution in [-0.2, 0) is 10.0 Å². The van der Waals surface area contributed by atoms with E-state index in [1.165, 1.54) is 16.9 Å². The molecule has 4 nitrogen and oxygen atoms in total. The van der Waals surface area contributed by atoms with Crippen LogP contribution < -0.4 is 0 Å². The Balaban J connectivity index is 1.53. The van der Waals surface area contributed by atoms with E-state index in [1.807, 2.05) is 18.2 Å². The van der Waals surface area contributed by atoms with Crippen LogP contribution in [0.3, 0.4) is 0 Å². The SMILES string of the molecule is O=S(=O)(c1ccc(Br)s1)N1CCN(C/C=C/c2ccccc2)CC1. The second-order valence-corrected chi connectivity index (χ2v) is 10.2. The summed E-state index contributed by atoms with van der Waals surface area (Å²) >= 11 is 4.59. The summed E-state index contributed by atoms with van der Waals surface area (Å²) in [7, 11) is -3.35. The van der Waals surface area contributed by atoms with Crippen LogP contribution >= 0.6 is 27.3 Å². The molecule has 1 fully saturated rings. The number of halogens is 1. The standard InChI is InChI=1S/C17H19BrN2O2S2/c18-16-8-9-17(23-16)24(21,22)20-13-11-19(12-14-20)10-4-7-15-5-2-1-3-6-15/h1-9H,10-14H2/b7-4+. The fraction of sp³-hybridized carbons (Fsp3) is 0.294. The number of benzene rings is 1. The summed E-state index contributed by atoms with van der Waals surface area (Å²) < 4.78 is 28.0. The number of sulfonamides is 1. The van der Waals surface area contributed by atoms with Gasteiger partial charge in [-0.3, -0.25) is 4.90 Å². The summed E-state index contributed by atoms with van der Waals surface area (Å²) in [6, 6.07) is 13.6. The predicted molar refractivity (Wildman–Crippen MR) is 103 cm³/mol. The first-order valence-corrected chi connectivity index (χ1v) is 10.8. The minimum absolute atomic E-state index is 0.409. The van der Waals surface area contributed by atoms with Gasteiger partial charge in [0.1, 0.15) is 4.21 Å². The van der Waals surface area contributed by atoms with E-state index in [0.29, 0.717) is 17.3 Å². The summed E-state index contributed by atoms with van der Waals surface area (Å²) in [4.78, 5) is 2.27. The van der Waals surface area contributed by atoms with Gasteiger partial charge in [-0.1, -0.05) is 42.5 Å². The van der Waals surface area contributed by atoms with Crippen molar-refractivity contribution in [1.29, 1.82) is 0 Å². The molecule has 3 rings (SSSR count). The first kappa shape index (κ1) is 17.8. The lowest BCUT2D eigenvalue weighted by Gasteiger charge is -2.33. The zero-order valence-corrected chi connectivity index (χ0v) is 16.4. The normalized spacial score (nSPS) is 17.5. The molecule has 1 aliphatic heterocycles. The van der Waals surface area contributed by atoms with Crippen molar-refractivity contribution in [2.45, 2.75) is 4.21 Å². The topological polar surface area (TPSA) is 40.6 Å². The summed E-state index contributed by atoms with van der Waals surface area (Å²) in [5.41, 5.74) is 1.18. The van der Waals surface area contributed by atoms with Crippen LogP contribution in [0.15, 0.2) is 56.5 Å². The van der Waals surface area contributed by atoms with Crippen molar-refractivity contribution < 1.29 is 8.42 Å². The van der Waals surface area contributed by atoms with Crippen LogP contribution in [0, 0.1) is 0 Å². The zero-order chi connectivity index (χ0) is 17.0. The van der Waals surface area contributed by atoms with Crippen LogP contribution in [0.1, 0.15) is 5.56 Å². The highest BCUT2D eigenvalue weighted by Gasteiger charge is 2.29. The maximum atomic E-state index is 12.6. The molecule has 0 amide bonds. The average molecular weight is 427 g/mol. The smallest absolute Gasteiger partial charge is 0.252 e. The van der Waals surface area contributed by atoms with Crippen LogP contribution in [-0.4, -0.2) is 50.3 Å². The monoisotopic (exact) mass is 426 g/mol. The molecule has 24 heavy (non-hydrogen) atoms. The fourth-order valence-electron chi connectivity index (χ4n) is 2.62. The van der Waals surface area contributed by atoms with Gasteiger partial charge in [0.15, 0.2) is 0 Å². The van der Waals surface area contributed by atoms with Gasteiger partial charge in [-0.2, -0.15) is 4.31 Å². The predicted octanol–water partition coefficient (Wildman–Crippen LogP) is 3.53. The molecule has 1 aliphatic rings. The molecule has 128 valence electrons. The van der Waals surface area contributed by atoms with Gasteiger partial charge in [-0.15, -0.1) is 11.3 Å². The molecule has 0 saturated carbocycles. The zero-order valence-electron chi connectivity index (χ0n) is 13.1. The van der Waals surface area contributed by atoms with Gasteiger partial charge < -0.3 is 0 Å². The van der Waals surface area contributed by atoms with E-state index in [9.17, 15) is 8.42 Å². The van der Waals surface area contributed by atoms with Gasteiger partial charge in [0, 0.05) is 32.7 Å². The molecule has 0 aliphatic carbocycles. The molecule has 2 heterocycles. The molecule has 0 N–H and O–H groups in total. The summed E-state index contributed by atoms with van der Waals surface area (Å²) in [5.74, 6) is 0. The maximum Gasteiger partial charge on any atom is 0.252 e. The van der Waals surface area contributed by atoms with Crippen molar-refractivity contribution in [3.8, 4) is 0 Å². The second-order valence-electron chi connectivity index (χ2n) is 5.58. The molecule has 0 radical (unpaired) electrons. The molecule has 7 heteroatoms. The van der Waals surface area contributed by atoms with E-state index >= 15 is 0 Å². The lowest BCUT2D eigenvalue weighted by Crippen LogP contribution is -2.48. The van der Waals surface area contributed by atoms with Crippen molar-refractivity contribution >= 4 is 43.4 Å². The van der Waals surface area contributed by atoms with Crippen LogP contribution in [0.4, 0.5) is 0 Å². The molecular formula is C17H19BrN2O2S2. The van der Waals surface area contributed by atoms with E-state index < -0.39 is 10.0 Å². The Morgan fingerprint density at radius 2 is 1.75 bits per heavy atom. The Morgan fingerprint density at radius 1 is 1.04 bits per heavy atom. The number of rotatable bonds is 5. The molecule has 1 saturated heterocycles. The molecule has 1 aromatic heterocycles. The molecule has 0 atom stereocenters. The largest absolute Gasteiger partial charge is 0.297 e. The van der Waals surface area contributed by atoms with Gasteiger partial charge in [0.2, 0.25) is 0 Å². The Labute approximate surface area is 155 Å². The quantitative estimate of drug-likeness (QED) is 0.733. The summed E-state index contributed by atoms with van der Waals surface area (Å²) in [6.07, 6.45) is 4.24. The third-order valence-corrected chi connectivity index (χ3v) is 7.94. The van der Waals surface area contributed by atoms with Crippen molar-refractivity contribution in [2.24, 2.45) is 0 Å². The molecule has 0 spiro atoms. The highest BCUT2D eigenvalue weighted by atomic mass is 79.9. The van der Waals surface area contributed by atoms with Gasteiger partial charge >= 0.3 is 0 Å². The third-order valence-electron chi connectivity index (χ3n) is 3.95. The average Bonchev–Trinajstić information content (AvgIpc) is 3.04. The first-order valence-electron chi connectivity index (χ1n) is 7.75. The summed E-state index contributed by atoms with van der Waals surface area (Å²) in [6.45, 7) is 3.43. The van der Waals surface area contributed by atoms with E-state index in [0.717, 1.165) is 23.4 Å². The minimum Gasteiger partial charge on any atom is -0.297 e. The number of nitrogens with zero attached hydrogens (tertiary/aromatic N) is 2. The first-order chi connectivity index (χ1) is 11.6. The van der Waals surface area contributed by atoms with Gasteiger partial charge in [0.25, 0.3) is 10.0 Å². The molecule has 0 unspecified atom stereocenters. The number of thiophene rings is 1. The minimum atomic E-state index is -3.35. The van der Waals surface area contributed by atoms with Crippen molar-refractivity contribution in [3.63, 3.8) is 0 Å². The Kier molecular flexibility index (Phi) is 5.89. The second kappa shape index (κ2) is 7.93. The van der Waals surface area contributed by atoms with Gasteiger partial charge in [-0.05, 0) is 33.6 Å². The molecule has 2 aromatic rings. The number of hydrogen-bond acceptors (Lipinski definition) is 4. The van der Waals surface area contributed by atoms with E-state index in [-0.39, 0.29) is 0 Å². The maximum absolute atomic E-state index is 12.6. The highest BCUT2D eigenvalue weighted by Crippen LogP contribution is 2.28. The lowest BCUT2D eigenvalue weighted by molar-refractivity contribution is 0.205. The number of piperazine rings is 1. The van der Waals surface area contributed by atoms with Crippen LogP contribution in [0.25, 0.3) is 6.08 Å². The van der Waals surface area contributed by atoms with E-state index in [1.54, 1.807) is 16.4 Å². The molecule has 1 aromatic carbocycles. The van der Waals surface area contributed by atoms with Crippen LogP contribution in [0.5, 0.6) is 0 Å². The molecule has 0 bridgehead atoms. The van der Waals surface area contributed by atoms with Crippen molar-refractivity contribution in [3.05, 3.63) is 57.9 Å². The Hall–Kier alpha value is -0.990. The van der Waals surface area contributed by atoms with Gasteiger partial charge in [0.05, 0.1) is 3.79 Å². The third kappa shape index (κ3) is 4.34. The van der Waals surface area contributed by atoms with Crippen molar-refractivity contribution in [2.75, 3.05) is 32.7 Å². The highest BCUT2D eigenvalue weighted by molar-refractivity contribution is 9.11. The van der Waals surface area contributed by atoms with Crippen LogP contribution in [0.2, 0.25) is 0 Å². The Morgan fingerprint density at radius 3 is 2.38 bits per heavy atom. The molecular weight excluding hydrogens is 408 g/mol. The van der Waals surface area contributed by atoms with E-state index in [2.05, 4.69) is 45.1 Å². The fourth-order valence-corrected chi connectivity index (χ4v) is 6.20. The van der Waals surface area contributed by atoms with Gasteiger partial charge in [-0.25, -0.2) is 8.42 Å².